The molecule has 112 valence electrons. The number of Topliss-reactive ketones (excluding diaryl/α,β-unsaturated/α-hetero) is 1. The van der Waals surface area contributed by atoms with Crippen molar-refractivity contribution in [2.45, 2.75) is 52.4 Å². The van der Waals surface area contributed by atoms with E-state index in [-0.39, 0.29) is 5.92 Å². The van der Waals surface area contributed by atoms with E-state index in [0.717, 1.165) is 25.7 Å². The highest BCUT2D eigenvalue weighted by molar-refractivity contribution is 5.80. The molecule has 1 heteroatoms. The molecule has 1 aromatic carbocycles. The Balaban J connectivity index is 2.12. The molecule has 1 nitrogen and oxygen atoms in total. The zero-order valence-electron chi connectivity index (χ0n) is 13.4. The van der Waals surface area contributed by atoms with Crippen molar-refractivity contribution in [1.82, 2.24) is 0 Å². The van der Waals surface area contributed by atoms with Crippen molar-refractivity contribution in [3.8, 4) is 0 Å². The van der Waals surface area contributed by atoms with Gasteiger partial charge in [-0.15, -0.1) is 0 Å². The van der Waals surface area contributed by atoms with Gasteiger partial charge in [-0.05, 0) is 57.9 Å². The molecule has 0 heterocycles. The predicted molar refractivity (Wildman–Crippen MR) is 89.3 cm³/mol. The quantitative estimate of drug-likeness (QED) is 0.657. The Morgan fingerprint density at radius 3 is 2.52 bits per heavy atom. The fraction of sp³-hybridized carbons (Fsp3) is 0.450. The average Bonchev–Trinajstić information content (AvgIpc) is 2.47. The Bertz CT molecular complexity index is 532. The van der Waals surface area contributed by atoms with Crippen LogP contribution in [0.3, 0.4) is 0 Å². The van der Waals surface area contributed by atoms with E-state index in [0.29, 0.717) is 11.7 Å². The van der Waals surface area contributed by atoms with Gasteiger partial charge in [-0.25, -0.2) is 0 Å². The van der Waals surface area contributed by atoms with Crippen molar-refractivity contribution >= 4 is 5.78 Å². The number of benzene rings is 1. The Kier molecular flexibility index (Phi) is 5.55. The minimum absolute atomic E-state index is 0.152. The first-order valence-corrected chi connectivity index (χ1v) is 7.94. The maximum Gasteiger partial charge on any atom is 0.133 e. The highest BCUT2D eigenvalue weighted by Gasteiger charge is 2.29. The summed E-state index contributed by atoms with van der Waals surface area (Å²) in [4.78, 5) is 12.0. The Morgan fingerprint density at radius 2 is 1.90 bits per heavy atom. The molecule has 2 unspecified atom stereocenters. The van der Waals surface area contributed by atoms with Crippen LogP contribution in [0.4, 0.5) is 0 Å². The van der Waals surface area contributed by atoms with Crippen molar-refractivity contribution in [2.24, 2.45) is 5.92 Å². The van der Waals surface area contributed by atoms with Crippen molar-refractivity contribution in [1.29, 1.82) is 0 Å². The van der Waals surface area contributed by atoms with Gasteiger partial charge in [-0.1, -0.05) is 53.6 Å². The number of carbonyl (C=O) groups excluding carboxylic acids is 1. The molecule has 0 fully saturated rings. The van der Waals surface area contributed by atoms with Gasteiger partial charge < -0.3 is 0 Å². The van der Waals surface area contributed by atoms with Crippen molar-refractivity contribution in [3.05, 3.63) is 59.2 Å². The maximum absolute atomic E-state index is 12.0. The van der Waals surface area contributed by atoms with Crippen molar-refractivity contribution in [3.63, 3.8) is 0 Å². The summed E-state index contributed by atoms with van der Waals surface area (Å²) in [5.74, 6) is 0.832. The van der Waals surface area contributed by atoms with Gasteiger partial charge >= 0.3 is 0 Å². The van der Waals surface area contributed by atoms with E-state index in [1.54, 1.807) is 6.92 Å². The van der Waals surface area contributed by atoms with Crippen LogP contribution in [-0.4, -0.2) is 5.78 Å². The summed E-state index contributed by atoms with van der Waals surface area (Å²) in [6.07, 6.45) is 8.78. The van der Waals surface area contributed by atoms with Crippen LogP contribution in [0, 0.1) is 5.92 Å². The smallest absolute Gasteiger partial charge is 0.133 e. The largest absolute Gasteiger partial charge is 0.300 e. The number of carbonyl (C=O) groups is 1. The summed E-state index contributed by atoms with van der Waals surface area (Å²) in [6, 6.07) is 10.5. The van der Waals surface area contributed by atoms with Gasteiger partial charge in [-0.3, -0.25) is 4.79 Å². The third-order valence-corrected chi connectivity index (χ3v) is 4.40. The number of hydrogen-bond donors (Lipinski definition) is 0. The summed E-state index contributed by atoms with van der Waals surface area (Å²) >= 11 is 0. The molecule has 0 aromatic heterocycles. The molecule has 0 amide bonds. The summed E-state index contributed by atoms with van der Waals surface area (Å²) in [5, 5.41) is 0. The highest BCUT2D eigenvalue weighted by Crippen LogP contribution is 2.39. The SMILES string of the molecule is CC(=O)C1CC=C(CCC=C(C)C)CC1c1ccccc1. The van der Waals surface area contributed by atoms with Gasteiger partial charge in [0.05, 0.1) is 0 Å². The molecular formula is C20H26O. The van der Waals surface area contributed by atoms with E-state index < -0.39 is 0 Å². The molecule has 0 aliphatic heterocycles. The molecule has 1 aromatic rings. The van der Waals surface area contributed by atoms with Crippen LogP contribution in [0.15, 0.2) is 53.6 Å². The lowest BCUT2D eigenvalue weighted by Gasteiger charge is -2.30. The molecule has 21 heavy (non-hydrogen) atoms. The normalized spacial score (nSPS) is 21.6. The molecule has 1 aliphatic carbocycles. The van der Waals surface area contributed by atoms with Crippen molar-refractivity contribution < 1.29 is 4.79 Å². The minimum atomic E-state index is 0.152. The monoisotopic (exact) mass is 282 g/mol. The summed E-state index contributed by atoms with van der Waals surface area (Å²) in [5.41, 5.74) is 4.21. The van der Waals surface area contributed by atoms with E-state index in [9.17, 15) is 4.79 Å². The Morgan fingerprint density at radius 1 is 1.19 bits per heavy atom. The molecule has 0 spiro atoms. The molecule has 2 rings (SSSR count). The van der Waals surface area contributed by atoms with Gasteiger partial charge in [0.15, 0.2) is 0 Å². The lowest BCUT2D eigenvalue weighted by molar-refractivity contribution is -0.121. The maximum atomic E-state index is 12.0. The Labute approximate surface area is 128 Å². The molecule has 2 atom stereocenters. The molecule has 0 saturated heterocycles. The van der Waals surface area contributed by atoms with Crippen LogP contribution in [-0.2, 0) is 4.79 Å². The summed E-state index contributed by atoms with van der Waals surface area (Å²) in [7, 11) is 0. The lowest BCUT2D eigenvalue weighted by Crippen LogP contribution is -2.23. The molecule has 0 N–H and O–H groups in total. The topological polar surface area (TPSA) is 17.1 Å². The predicted octanol–water partition coefficient (Wildman–Crippen LogP) is 5.44. The van der Waals surface area contributed by atoms with Crippen LogP contribution in [0.2, 0.25) is 0 Å². The van der Waals surface area contributed by atoms with Gasteiger partial charge in [-0.2, -0.15) is 0 Å². The third kappa shape index (κ3) is 4.42. The average molecular weight is 282 g/mol. The fourth-order valence-electron chi connectivity index (χ4n) is 3.22. The molecule has 0 radical (unpaired) electrons. The van der Waals surface area contributed by atoms with Crippen LogP contribution >= 0.6 is 0 Å². The highest BCUT2D eigenvalue weighted by atomic mass is 16.1. The van der Waals surface area contributed by atoms with Crippen molar-refractivity contribution in [2.75, 3.05) is 0 Å². The second kappa shape index (κ2) is 7.40. The van der Waals surface area contributed by atoms with Crippen LogP contribution in [0.5, 0.6) is 0 Å². The first-order valence-electron chi connectivity index (χ1n) is 7.94. The zero-order valence-corrected chi connectivity index (χ0v) is 13.4. The van der Waals surface area contributed by atoms with Crippen LogP contribution < -0.4 is 0 Å². The number of hydrogen-bond acceptors (Lipinski definition) is 1. The van der Waals surface area contributed by atoms with Gasteiger partial charge in [0.2, 0.25) is 0 Å². The van der Waals surface area contributed by atoms with Gasteiger partial charge in [0.25, 0.3) is 0 Å². The second-order valence-electron chi connectivity index (χ2n) is 6.36. The third-order valence-electron chi connectivity index (χ3n) is 4.40. The number of allylic oxidation sites excluding steroid dienone is 4. The molecule has 1 aliphatic rings. The van der Waals surface area contributed by atoms with Crippen LogP contribution in [0.25, 0.3) is 0 Å². The Hall–Kier alpha value is -1.63. The second-order valence-corrected chi connectivity index (χ2v) is 6.36. The lowest BCUT2D eigenvalue weighted by atomic mass is 9.73. The standard InChI is InChI=1S/C20H26O/c1-15(2)8-7-9-17-12-13-19(16(3)21)20(14-17)18-10-5-4-6-11-18/h4-6,8,10-12,19-20H,7,9,13-14H2,1-3H3. The van der Waals surface area contributed by atoms with E-state index >= 15 is 0 Å². The zero-order chi connectivity index (χ0) is 15.2. The minimum Gasteiger partial charge on any atom is -0.300 e. The number of rotatable bonds is 5. The van der Waals surface area contributed by atoms with Crippen LogP contribution in [0.1, 0.15) is 57.9 Å². The fourth-order valence-corrected chi connectivity index (χ4v) is 3.22. The first kappa shape index (κ1) is 15.8. The molecular weight excluding hydrogens is 256 g/mol. The summed E-state index contributed by atoms with van der Waals surface area (Å²) < 4.78 is 0. The summed E-state index contributed by atoms with van der Waals surface area (Å²) in [6.45, 7) is 6.03. The molecule has 0 bridgehead atoms. The number of ketones is 1. The van der Waals surface area contributed by atoms with Gasteiger partial charge in [0, 0.05) is 5.92 Å². The first-order chi connectivity index (χ1) is 10.1. The van der Waals surface area contributed by atoms with E-state index in [1.165, 1.54) is 16.7 Å². The van der Waals surface area contributed by atoms with E-state index in [1.807, 2.05) is 6.07 Å². The van der Waals surface area contributed by atoms with Gasteiger partial charge in [0.1, 0.15) is 5.78 Å². The van der Waals surface area contributed by atoms with E-state index in [4.69, 9.17) is 0 Å². The van der Waals surface area contributed by atoms with E-state index in [2.05, 4.69) is 50.3 Å². The molecule has 0 saturated carbocycles.